The quantitative estimate of drug-likeness (QED) is 0.553. The Morgan fingerprint density at radius 2 is 2.15 bits per heavy atom. The molecule has 0 N–H and O–H groups in total. The summed E-state index contributed by atoms with van der Waals surface area (Å²) in [4.78, 5) is 11.5. The molecule has 2 aliphatic carbocycles. The summed E-state index contributed by atoms with van der Waals surface area (Å²) in [7, 11) is 0. The highest BCUT2D eigenvalue weighted by atomic mass is 16.1. The second-order valence-electron chi connectivity index (χ2n) is 2.92. The third kappa shape index (κ3) is 1.15. The van der Waals surface area contributed by atoms with Crippen LogP contribution in [0, 0.1) is 17.2 Å². The van der Waals surface area contributed by atoms with E-state index >= 15 is 0 Å². The van der Waals surface area contributed by atoms with Crippen LogP contribution in [0.5, 0.6) is 0 Å². The largest absolute Gasteiger partial charge is 0.292 e. The SMILES string of the molecule is N#CC1C=C2C=CC=CC=C2C1=O. The Morgan fingerprint density at radius 3 is 2.92 bits per heavy atom. The molecule has 62 valence electrons. The summed E-state index contributed by atoms with van der Waals surface area (Å²) in [6.45, 7) is 0. The molecule has 1 unspecified atom stereocenters. The van der Waals surface area contributed by atoms with E-state index in [-0.39, 0.29) is 5.78 Å². The topological polar surface area (TPSA) is 40.9 Å². The molecule has 0 radical (unpaired) electrons. The Balaban J connectivity index is 2.49. The summed E-state index contributed by atoms with van der Waals surface area (Å²) in [6, 6.07) is 1.97. The summed E-state index contributed by atoms with van der Waals surface area (Å²) in [5, 5.41) is 8.67. The second kappa shape index (κ2) is 2.87. The molecule has 0 spiro atoms. The van der Waals surface area contributed by atoms with Crippen molar-refractivity contribution in [3.8, 4) is 6.07 Å². The molecule has 0 aliphatic heterocycles. The van der Waals surface area contributed by atoms with Crippen LogP contribution in [0.1, 0.15) is 0 Å². The van der Waals surface area contributed by atoms with Crippen LogP contribution in [0.2, 0.25) is 0 Å². The highest BCUT2D eigenvalue weighted by molar-refractivity contribution is 6.08. The van der Waals surface area contributed by atoms with E-state index in [1.165, 1.54) is 0 Å². The van der Waals surface area contributed by atoms with Gasteiger partial charge in [0.05, 0.1) is 6.07 Å². The van der Waals surface area contributed by atoms with Crippen molar-refractivity contribution < 1.29 is 4.79 Å². The Hall–Kier alpha value is -1.88. The number of carbonyl (C=O) groups is 1. The molecule has 0 aromatic heterocycles. The van der Waals surface area contributed by atoms with Crippen LogP contribution in [0.15, 0.2) is 47.6 Å². The predicted molar refractivity (Wildman–Crippen MR) is 48.6 cm³/mol. The molecule has 0 saturated heterocycles. The van der Waals surface area contributed by atoms with Crippen molar-refractivity contribution in [3.63, 3.8) is 0 Å². The molecule has 0 saturated carbocycles. The van der Waals surface area contributed by atoms with Crippen LogP contribution in [0.25, 0.3) is 0 Å². The Morgan fingerprint density at radius 1 is 1.31 bits per heavy atom. The maximum absolute atomic E-state index is 11.5. The molecular weight excluding hydrogens is 162 g/mol. The van der Waals surface area contributed by atoms with Crippen LogP contribution in [0.3, 0.4) is 0 Å². The van der Waals surface area contributed by atoms with E-state index in [1.807, 2.05) is 30.4 Å². The summed E-state index contributed by atoms with van der Waals surface area (Å²) in [6.07, 6.45) is 10.8. The van der Waals surface area contributed by atoms with Crippen molar-refractivity contribution in [2.45, 2.75) is 0 Å². The smallest absolute Gasteiger partial charge is 0.184 e. The first-order chi connectivity index (χ1) is 6.33. The van der Waals surface area contributed by atoms with Gasteiger partial charge in [0.15, 0.2) is 5.78 Å². The Labute approximate surface area is 76.2 Å². The molecule has 1 atom stereocenters. The van der Waals surface area contributed by atoms with Gasteiger partial charge in [-0.2, -0.15) is 5.26 Å². The minimum absolute atomic E-state index is 0.0892. The molecule has 2 nitrogen and oxygen atoms in total. The van der Waals surface area contributed by atoms with Crippen LogP contribution < -0.4 is 0 Å². The number of hydrogen-bond acceptors (Lipinski definition) is 2. The molecule has 0 bridgehead atoms. The number of nitriles is 1. The molecule has 0 aromatic rings. The molecule has 0 heterocycles. The van der Waals surface area contributed by atoms with E-state index in [2.05, 4.69) is 0 Å². The van der Waals surface area contributed by atoms with Gasteiger partial charge < -0.3 is 0 Å². The molecule has 2 rings (SSSR count). The predicted octanol–water partition coefficient (Wildman–Crippen LogP) is 1.69. The zero-order chi connectivity index (χ0) is 9.26. The van der Waals surface area contributed by atoms with E-state index in [0.29, 0.717) is 5.57 Å². The van der Waals surface area contributed by atoms with Crippen LogP contribution in [-0.2, 0) is 4.79 Å². The van der Waals surface area contributed by atoms with Crippen molar-refractivity contribution in [1.82, 2.24) is 0 Å². The van der Waals surface area contributed by atoms with Gasteiger partial charge in [-0.25, -0.2) is 0 Å². The van der Waals surface area contributed by atoms with Gasteiger partial charge >= 0.3 is 0 Å². The standard InChI is InChI=1S/C11H7NO/c12-7-9-6-8-4-2-1-3-5-10(8)11(9)13/h1-6,9H. The average Bonchev–Trinajstić information content (AvgIpc) is 2.37. The van der Waals surface area contributed by atoms with Gasteiger partial charge in [0.2, 0.25) is 0 Å². The van der Waals surface area contributed by atoms with E-state index < -0.39 is 5.92 Å². The van der Waals surface area contributed by atoms with Crippen molar-refractivity contribution in [2.24, 2.45) is 5.92 Å². The molecule has 2 aliphatic rings. The third-order valence-corrected chi connectivity index (χ3v) is 2.11. The number of fused-ring (bicyclic) bond motifs is 1. The summed E-state index contributed by atoms with van der Waals surface area (Å²) in [5.41, 5.74) is 1.51. The summed E-state index contributed by atoms with van der Waals surface area (Å²) < 4.78 is 0. The number of carbonyl (C=O) groups excluding carboxylic acids is 1. The lowest BCUT2D eigenvalue weighted by Crippen LogP contribution is -2.05. The van der Waals surface area contributed by atoms with Crippen LogP contribution in [0.4, 0.5) is 0 Å². The molecular formula is C11H7NO. The van der Waals surface area contributed by atoms with E-state index in [0.717, 1.165) is 5.57 Å². The van der Waals surface area contributed by atoms with Gasteiger partial charge in [-0.05, 0) is 5.57 Å². The number of hydrogen-bond donors (Lipinski definition) is 0. The monoisotopic (exact) mass is 169 g/mol. The first-order valence-corrected chi connectivity index (χ1v) is 4.04. The maximum atomic E-state index is 11.5. The van der Waals surface area contributed by atoms with Crippen LogP contribution in [-0.4, -0.2) is 5.78 Å². The number of rotatable bonds is 0. The zero-order valence-electron chi connectivity index (χ0n) is 6.90. The lowest BCUT2D eigenvalue weighted by atomic mass is 10.1. The van der Waals surface area contributed by atoms with E-state index in [9.17, 15) is 4.79 Å². The third-order valence-electron chi connectivity index (χ3n) is 2.11. The lowest BCUT2D eigenvalue weighted by molar-refractivity contribution is -0.115. The van der Waals surface area contributed by atoms with Crippen molar-refractivity contribution in [3.05, 3.63) is 47.6 Å². The van der Waals surface area contributed by atoms with E-state index in [1.54, 1.807) is 12.2 Å². The van der Waals surface area contributed by atoms with Gasteiger partial charge in [0, 0.05) is 5.57 Å². The second-order valence-corrected chi connectivity index (χ2v) is 2.92. The lowest BCUT2D eigenvalue weighted by Gasteiger charge is -1.95. The molecule has 2 heteroatoms. The first-order valence-electron chi connectivity index (χ1n) is 4.04. The van der Waals surface area contributed by atoms with Gasteiger partial charge in [-0.1, -0.05) is 36.5 Å². The van der Waals surface area contributed by atoms with Gasteiger partial charge in [0.25, 0.3) is 0 Å². The normalized spacial score (nSPS) is 24.5. The Kier molecular flexibility index (Phi) is 1.71. The summed E-state index contributed by atoms with van der Waals surface area (Å²) >= 11 is 0. The molecule has 0 amide bonds. The highest BCUT2D eigenvalue weighted by Gasteiger charge is 2.28. The van der Waals surface area contributed by atoms with Gasteiger partial charge in [-0.15, -0.1) is 0 Å². The fraction of sp³-hybridized carbons (Fsp3) is 0.0909. The molecule has 0 aromatic carbocycles. The maximum Gasteiger partial charge on any atom is 0.184 e. The van der Waals surface area contributed by atoms with Crippen molar-refractivity contribution >= 4 is 5.78 Å². The highest BCUT2D eigenvalue weighted by Crippen LogP contribution is 2.28. The fourth-order valence-electron chi connectivity index (χ4n) is 1.45. The number of Topliss-reactive ketones (excluding diaryl/α,β-unsaturated/α-hetero) is 1. The Bertz CT molecular complexity index is 416. The number of ketones is 1. The number of nitrogens with zero attached hydrogens (tertiary/aromatic N) is 1. The minimum Gasteiger partial charge on any atom is -0.292 e. The summed E-state index contributed by atoms with van der Waals surface area (Å²) in [5.74, 6) is -0.675. The van der Waals surface area contributed by atoms with Gasteiger partial charge in [-0.3, -0.25) is 4.79 Å². The van der Waals surface area contributed by atoms with Crippen molar-refractivity contribution in [2.75, 3.05) is 0 Å². The minimum atomic E-state index is -0.586. The molecule has 13 heavy (non-hydrogen) atoms. The number of allylic oxidation sites excluding steroid dienone is 8. The average molecular weight is 169 g/mol. The van der Waals surface area contributed by atoms with E-state index in [4.69, 9.17) is 5.26 Å². The fourth-order valence-corrected chi connectivity index (χ4v) is 1.45. The first kappa shape index (κ1) is 7.75. The van der Waals surface area contributed by atoms with Gasteiger partial charge in [0.1, 0.15) is 5.92 Å². The van der Waals surface area contributed by atoms with Crippen molar-refractivity contribution in [1.29, 1.82) is 5.26 Å². The molecule has 0 fully saturated rings. The zero-order valence-corrected chi connectivity index (χ0v) is 6.90. The van der Waals surface area contributed by atoms with Crippen LogP contribution >= 0.6 is 0 Å².